The molecule has 2 unspecified atom stereocenters. The van der Waals surface area contributed by atoms with Crippen LogP contribution in [0.3, 0.4) is 0 Å². The van der Waals surface area contributed by atoms with Crippen molar-refractivity contribution in [2.45, 2.75) is 39.2 Å². The standard InChI is InChI=1S/C10H21NO/c1-8(2)6-10(12)4-5-11-7-9(10)3/h8-9,11-12H,4-7H2,1-3H3. The summed E-state index contributed by atoms with van der Waals surface area (Å²) in [6, 6.07) is 0. The molecule has 1 saturated heterocycles. The van der Waals surface area contributed by atoms with Gasteiger partial charge in [-0.3, -0.25) is 0 Å². The molecule has 0 radical (unpaired) electrons. The first-order valence-corrected chi connectivity index (χ1v) is 4.98. The van der Waals surface area contributed by atoms with E-state index in [9.17, 15) is 5.11 Å². The van der Waals surface area contributed by atoms with Gasteiger partial charge >= 0.3 is 0 Å². The lowest BCUT2D eigenvalue weighted by Crippen LogP contribution is -2.49. The fourth-order valence-corrected chi connectivity index (χ4v) is 2.07. The lowest BCUT2D eigenvalue weighted by Gasteiger charge is -2.39. The van der Waals surface area contributed by atoms with Crippen LogP contribution in [0.2, 0.25) is 0 Å². The van der Waals surface area contributed by atoms with Crippen LogP contribution in [-0.4, -0.2) is 23.8 Å². The molecule has 0 aromatic rings. The van der Waals surface area contributed by atoms with Crippen molar-refractivity contribution in [1.29, 1.82) is 0 Å². The summed E-state index contributed by atoms with van der Waals surface area (Å²) in [7, 11) is 0. The van der Waals surface area contributed by atoms with Crippen molar-refractivity contribution in [1.82, 2.24) is 5.32 Å². The van der Waals surface area contributed by atoms with E-state index in [1.807, 2.05) is 0 Å². The minimum atomic E-state index is -0.403. The van der Waals surface area contributed by atoms with Crippen LogP contribution in [-0.2, 0) is 0 Å². The fourth-order valence-electron chi connectivity index (χ4n) is 2.07. The van der Waals surface area contributed by atoms with E-state index in [0.717, 1.165) is 25.9 Å². The third-order valence-electron chi connectivity index (χ3n) is 2.86. The number of piperidine rings is 1. The Balaban J connectivity index is 2.53. The summed E-state index contributed by atoms with van der Waals surface area (Å²) in [6.45, 7) is 8.41. The van der Waals surface area contributed by atoms with E-state index in [1.165, 1.54) is 0 Å². The molecule has 1 rings (SSSR count). The van der Waals surface area contributed by atoms with Crippen molar-refractivity contribution < 1.29 is 5.11 Å². The Labute approximate surface area is 75.4 Å². The maximum Gasteiger partial charge on any atom is 0.0699 e. The van der Waals surface area contributed by atoms with Crippen LogP contribution >= 0.6 is 0 Å². The van der Waals surface area contributed by atoms with Crippen LogP contribution in [0, 0.1) is 11.8 Å². The molecule has 0 aliphatic carbocycles. The Morgan fingerprint density at radius 3 is 2.75 bits per heavy atom. The number of rotatable bonds is 2. The summed E-state index contributed by atoms with van der Waals surface area (Å²) >= 11 is 0. The molecule has 2 heteroatoms. The second-order valence-corrected chi connectivity index (χ2v) is 4.56. The first kappa shape index (κ1) is 10.0. The summed E-state index contributed by atoms with van der Waals surface area (Å²) < 4.78 is 0. The van der Waals surface area contributed by atoms with E-state index in [1.54, 1.807) is 0 Å². The predicted octanol–water partition coefficient (Wildman–Crippen LogP) is 1.39. The monoisotopic (exact) mass is 171 g/mol. The molecule has 0 aromatic carbocycles. The first-order chi connectivity index (χ1) is 5.54. The van der Waals surface area contributed by atoms with Gasteiger partial charge in [0.2, 0.25) is 0 Å². The van der Waals surface area contributed by atoms with Crippen LogP contribution in [0.5, 0.6) is 0 Å². The van der Waals surface area contributed by atoms with E-state index < -0.39 is 5.60 Å². The Morgan fingerprint density at radius 2 is 2.25 bits per heavy atom. The predicted molar refractivity (Wildman–Crippen MR) is 51.1 cm³/mol. The third kappa shape index (κ3) is 2.20. The van der Waals surface area contributed by atoms with E-state index in [-0.39, 0.29) is 0 Å². The van der Waals surface area contributed by atoms with E-state index in [4.69, 9.17) is 0 Å². The molecule has 1 aliphatic rings. The Bertz CT molecular complexity index is 147. The van der Waals surface area contributed by atoms with Gasteiger partial charge in [-0.05, 0) is 31.2 Å². The molecule has 1 aliphatic heterocycles. The lowest BCUT2D eigenvalue weighted by atomic mass is 9.77. The molecule has 1 fully saturated rings. The summed E-state index contributed by atoms with van der Waals surface area (Å²) in [5.74, 6) is 0.990. The third-order valence-corrected chi connectivity index (χ3v) is 2.86. The summed E-state index contributed by atoms with van der Waals surface area (Å²) in [4.78, 5) is 0. The highest BCUT2D eigenvalue weighted by Crippen LogP contribution is 2.30. The second-order valence-electron chi connectivity index (χ2n) is 4.56. The number of nitrogens with one attached hydrogen (secondary N) is 1. The molecule has 2 N–H and O–H groups in total. The zero-order valence-electron chi connectivity index (χ0n) is 8.43. The first-order valence-electron chi connectivity index (χ1n) is 4.98. The fraction of sp³-hybridized carbons (Fsp3) is 1.00. The molecule has 2 atom stereocenters. The van der Waals surface area contributed by atoms with Gasteiger partial charge in [0.1, 0.15) is 0 Å². The van der Waals surface area contributed by atoms with Gasteiger partial charge in [-0.2, -0.15) is 0 Å². The number of aliphatic hydroxyl groups is 1. The molecule has 0 spiro atoms. The van der Waals surface area contributed by atoms with E-state index in [0.29, 0.717) is 11.8 Å². The van der Waals surface area contributed by atoms with Crippen LogP contribution in [0.4, 0.5) is 0 Å². The van der Waals surface area contributed by atoms with Gasteiger partial charge in [0, 0.05) is 6.54 Å². The molecule has 2 nitrogen and oxygen atoms in total. The van der Waals surface area contributed by atoms with Gasteiger partial charge in [-0.1, -0.05) is 20.8 Å². The maximum atomic E-state index is 10.3. The molecule has 1 heterocycles. The van der Waals surface area contributed by atoms with Crippen LogP contribution in [0.15, 0.2) is 0 Å². The summed E-state index contributed by atoms with van der Waals surface area (Å²) in [6.07, 6.45) is 1.85. The van der Waals surface area contributed by atoms with Gasteiger partial charge in [0.15, 0.2) is 0 Å². The van der Waals surface area contributed by atoms with Gasteiger partial charge in [0.25, 0.3) is 0 Å². The van der Waals surface area contributed by atoms with Crippen LogP contribution in [0.25, 0.3) is 0 Å². The van der Waals surface area contributed by atoms with Crippen LogP contribution in [0.1, 0.15) is 33.6 Å². The van der Waals surface area contributed by atoms with Crippen molar-refractivity contribution in [3.05, 3.63) is 0 Å². The zero-order chi connectivity index (χ0) is 9.19. The molecule has 0 saturated carbocycles. The SMILES string of the molecule is CC(C)CC1(O)CCNCC1C. The smallest absolute Gasteiger partial charge is 0.0699 e. The zero-order valence-corrected chi connectivity index (χ0v) is 8.43. The highest BCUT2D eigenvalue weighted by atomic mass is 16.3. The number of hydrogen-bond acceptors (Lipinski definition) is 2. The van der Waals surface area contributed by atoms with E-state index >= 15 is 0 Å². The average Bonchev–Trinajstić information content (AvgIpc) is 1.94. The van der Waals surface area contributed by atoms with Gasteiger partial charge < -0.3 is 10.4 Å². The van der Waals surface area contributed by atoms with Gasteiger partial charge in [-0.25, -0.2) is 0 Å². The van der Waals surface area contributed by atoms with Crippen molar-refractivity contribution in [3.63, 3.8) is 0 Å². The minimum Gasteiger partial charge on any atom is -0.390 e. The van der Waals surface area contributed by atoms with Crippen molar-refractivity contribution in [3.8, 4) is 0 Å². The minimum absolute atomic E-state index is 0.397. The second kappa shape index (κ2) is 3.75. The molecule has 12 heavy (non-hydrogen) atoms. The highest BCUT2D eigenvalue weighted by molar-refractivity contribution is 4.90. The average molecular weight is 171 g/mol. The van der Waals surface area contributed by atoms with E-state index in [2.05, 4.69) is 26.1 Å². The van der Waals surface area contributed by atoms with Crippen molar-refractivity contribution >= 4 is 0 Å². The van der Waals surface area contributed by atoms with Crippen molar-refractivity contribution in [2.24, 2.45) is 11.8 Å². The van der Waals surface area contributed by atoms with Crippen LogP contribution < -0.4 is 5.32 Å². The van der Waals surface area contributed by atoms with Crippen molar-refractivity contribution in [2.75, 3.05) is 13.1 Å². The lowest BCUT2D eigenvalue weighted by molar-refractivity contribution is -0.0493. The molecule has 72 valence electrons. The molecular formula is C10H21NO. The van der Waals surface area contributed by atoms with Gasteiger partial charge in [0.05, 0.1) is 5.60 Å². The Hall–Kier alpha value is -0.0800. The Kier molecular flexibility index (Phi) is 3.13. The molecule has 0 aromatic heterocycles. The summed E-state index contributed by atoms with van der Waals surface area (Å²) in [5.41, 5.74) is -0.403. The molecular weight excluding hydrogens is 150 g/mol. The number of hydrogen-bond donors (Lipinski definition) is 2. The Morgan fingerprint density at radius 1 is 1.58 bits per heavy atom. The van der Waals surface area contributed by atoms with Gasteiger partial charge in [-0.15, -0.1) is 0 Å². The summed E-state index contributed by atoms with van der Waals surface area (Å²) in [5, 5.41) is 13.6. The largest absolute Gasteiger partial charge is 0.390 e. The topological polar surface area (TPSA) is 32.3 Å². The maximum absolute atomic E-state index is 10.3. The molecule has 0 bridgehead atoms. The highest BCUT2D eigenvalue weighted by Gasteiger charge is 2.36. The quantitative estimate of drug-likeness (QED) is 0.658. The normalized spacial score (nSPS) is 37.2. The molecule has 0 amide bonds.